The van der Waals surface area contributed by atoms with Crippen LogP contribution in [0.1, 0.15) is 38.3 Å². The Morgan fingerprint density at radius 1 is 1.21 bits per heavy atom. The van der Waals surface area contributed by atoms with Gasteiger partial charge in [0.05, 0.1) is 28.3 Å². The van der Waals surface area contributed by atoms with E-state index in [4.69, 9.17) is 27.9 Å². The second-order valence-corrected chi connectivity index (χ2v) is 9.84. The quantitative estimate of drug-likeness (QED) is 0.595. The van der Waals surface area contributed by atoms with Crippen LogP contribution in [0.5, 0.6) is 0 Å². The number of likely N-dealkylation sites (N-methyl/N-ethyl adjacent to an activating group) is 1. The molecule has 184 valence electrons. The molecule has 1 saturated carbocycles. The van der Waals surface area contributed by atoms with Crippen molar-refractivity contribution in [3.63, 3.8) is 0 Å². The zero-order valence-corrected chi connectivity index (χ0v) is 21.2. The van der Waals surface area contributed by atoms with Crippen molar-refractivity contribution in [2.45, 2.75) is 38.8 Å². The minimum atomic E-state index is -0.792. The number of nitrogens with zero attached hydrogens (tertiary/aromatic N) is 3. The minimum Gasteiger partial charge on any atom is -0.463 e. The first-order valence-corrected chi connectivity index (χ1v) is 12.4. The smallest absolute Gasteiger partial charge is 0.338 e. The number of piperazine rings is 1. The average molecular weight is 509 g/mol. The molecular formula is C24H30Cl2N4O4. The summed E-state index contributed by atoms with van der Waals surface area (Å²) in [6.07, 6.45) is 1.96. The number of carbonyl (C=O) groups is 3. The van der Waals surface area contributed by atoms with Crippen molar-refractivity contribution < 1.29 is 19.1 Å². The first-order chi connectivity index (χ1) is 16.2. The van der Waals surface area contributed by atoms with Crippen molar-refractivity contribution >= 4 is 41.1 Å². The standard InChI is InChI=1S/C24H30Cl2N4O4/c1-4-34-23(32)19-18(13-29-10-11-30(14(2)12-29)22(31)15-8-9-15)28(3)24(33)27-21(19)16-6-5-7-17(25)20(16)26/h5-7,14-15,21H,4,8-13H2,1-3H3,(H,27,33). The Balaban J connectivity index is 1.66. The van der Waals surface area contributed by atoms with Gasteiger partial charge in [0.25, 0.3) is 0 Å². The Kier molecular flexibility index (Phi) is 7.40. The highest BCUT2D eigenvalue weighted by atomic mass is 35.5. The summed E-state index contributed by atoms with van der Waals surface area (Å²) in [7, 11) is 1.63. The van der Waals surface area contributed by atoms with Gasteiger partial charge in [0.1, 0.15) is 0 Å². The zero-order chi connectivity index (χ0) is 24.6. The minimum absolute atomic E-state index is 0.0504. The highest BCUT2D eigenvalue weighted by Gasteiger charge is 2.40. The van der Waals surface area contributed by atoms with Gasteiger partial charge in [-0.15, -0.1) is 0 Å². The molecule has 3 amide bonds. The van der Waals surface area contributed by atoms with Crippen LogP contribution in [0.25, 0.3) is 0 Å². The van der Waals surface area contributed by atoms with Gasteiger partial charge >= 0.3 is 12.0 Å². The molecule has 1 saturated heterocycles. The number of ether oxygens (including phenoxy) is 1. The van der Waals surface area contributed by atoms with E-state index in [1.165, 1.54) is 4.90 Å². The zero-order valence-electron chi connectivity index (χ0n) is 19.6. The highest BCUT2D eigenvalue weighted by Crippen LogP contribution is 2.38. The van der Waals surface area contributed by atoms with E-state index in [0.717, 1.165) is 12.8 Å². The Morgan fingerprint density at radius 3 is 2.59 bits per heavy atom. The topological polar surface area (TPSA) is 82.2 Å². The predicted octanol–water partition coefficient (Wildman–Crippen LogP) is 3.45. The molecule has 1 aromatic rings. The number of carbonyl (C=O) groups excluding carboxylic acids is 3. The van der Waals surface area contributed by atoms with Crippen LogP contribution in [0.2, 0.25) is 10.0 Å². The average Bonchev–Trinajstić information content (AvgIpc) is 3.64. The Morgan fingerprint density at radius 2 is 1.94 bits per heavy atom. The van der Waals surface area contributed by atoms with E-state index in [0.29, 0.717) is 48.0 Å². The molecule has 8 nitrogen and oxygen atoms in total. The van der Waals surface area contributed by atoms with E-state index < -0.39 is 12.0 Å². The van der Waals surface area contributed by atoms with Crippen molar-refractivity contribution in [2.24, 2.45) is 5.92 Å². The van der Waals surface area contributed by atoms with E-state index in [9.17, 15) is 14.4 Å². The maximum absolute atomic E-state index is 13.2. The number of amides is 3. The fourth-order valence-corrected chi connectivity index (χ4v) is 5.07. The maximum atomic E-state index is 13.2. The number of esters is 1. The Bertz CT molecular complexity index is 1030. The number of nitrogens with one attached hydrogen (secondary N) is 1. The summed E-state index contributed by atoms with van der Waals surface area (Å²) < 4.78 is 5.39. The van der Waals surface area contributed by atoms with Crippen molar-refractivity contribution in [2.75, 3.05) is 39.8 Å². The highest BCUT2D eigenvalue weighted by molar-refractivity contribution is 6.42. The van der Waals surface area contributed by atoms with Gasteiger partial charge in [-0.3, -0.25) is 14.6 Å². The monoisotopic (exact) mass is 508 g/mol. The van der Waals surface area contributed by atoms with Crippen molar-refractivity contribution in [1.29, 1.82) is 0 Å². The predicted molar refractivity (Wildman–Crippen MR) is 129 cm³/mol. The van der Waals surface area contributed by atoms with Gasteiger partial charge < -0.3 is 15.0 Å². The largest absolute Gasteiger partial charge is 0.463 e. The number of rotatable bonds is 6. The first-order valence-electron chi connectivity index (χ1n) is 11.6. The first kappa shape index (κ1) is 24.8. The molecule has 2 atom stereocenters. The lowest BCUT2D eigenvalue weighted by molar-refractivity contribution is -0.139. The van der Waals surface area contributed by atoms with Crippen LogP contribution in [0, 0.1) is 5.92 Å². The fraction of sp³-hybridized carbons (Fsp3) is 0.542. The molecule has 2 unspecified atom stereocenters. The lowest BCUT2D eigenvalue weighted by atomic mass is 9.94. The maximum Gasteiger partial charge on any atom is 0.338 e. The van der Waals surface area contributed by atoms with Crippen molar-refractivity contribution in [3.05, 3.63) is 45.1 Å². The third-order valence-corrected chi connectivity index (χ3v) is 7.49. The van der Waals surface area contributed by atoms with Crippen molar-refractivity contribution in [3.8, 4) is 0 Å². The van der Waals surface area contributed by atoms with Gasteiger partial charge in [-0.05, 0) is 38.3 Å². The summed E-state index contributed by atoms with van der Waals surface area (Å²) in [5.41, 5.74) is 1.42. The van der Waals surface area contributed by atoms with E-state index in [1.54, 1.807) is 32.2 Å². The molecule has 4 rings (SSSR count). The second kappa shape index (κ2) is 10.1. The normalized spacial score (nSPS) is 23.7. The second-order valence-electron chi connectivity index (χ2n) is 9.06. The molecule has 0 radical (unpaired) electrons. The number of hydrogen-bond donors (Lipinski definition) is 1. The lowest BCUT2D eigenvalue weighted by Crippen LogP contribution is -2.56. The van der Waals surface area contributed by atoms with Crippen LogP contribution in [0.15, 0.2) is 29.5 Å². The third-order valence-electron chi connectivity index (χ3n) is 6.66. The van der Waals surface area contributed by atoms with Gasteiger partial charge in [0.2, 0.25) is 5.91 Å². The van der Waals surface area contributed by atoms with E-state index in [-0.39, 0.29) is 35.5 Å². The SMILES string of the molecule is CCOC(=O)C1=C(CN2CCN(C(=O)C3CC3)C(C)C2)N(C)C(=O)NC1c1cccc(Cl)c1Cl. The van der Waals surface area contributed by atoms with Gasteiger partial charge in [0, 0.05) is 50.9 Å². The lowest BCUT2D eigenvalue weighted by Gasteiger charge is -2.42. The summed E-state index contributed by atoms with van der Waals surface area (Å²) >= 11 is 12.7. The number of urea groups is 1. The molecule has 0 aromatic heterocycles. The molecule has 1 aromatic carbocycles. The van der Waals surface area contributed by atoms with Crippen LogP contribution >= 0.6 is 23.2 Å². The van der Waals surface area contributed by atoms with Crippen LogP contribution < -0.4 is 5.32 Å². The van der Waals surface area contributed by atoms with E-state index >= 15 is 0 Å². The molecule has 0 spiro atoms. The van der Waals surface area contributed by atoms with Gasteiger partial charge in [-0.1, -0.05) is 35.3 Å². The number of hydrogen-bond acceptors (Lipinski definition) is 5. The molecular weight excluding hydrogens is 479 g/mol. The number of benzene rings is 1. The van der Waals surface area contributed by atoms with Crippen LogP contribution in [-0.4, -0.2) is 78.5 Å². The summed E-state index contributed by atoms with van der Waals surface area (Å²) in [5.74, 6) is -0.0899. The molecule has 34 heavy (non-hydrogen) atoms. The molecule has 10 heteroatoms. The molecule has 0 bridgehead atoms. The number of halogens is 2. The molecule has 2 heterocycles. The van der Waals surface area contributed by atoms with Crippen LogP contribution in [0.3, 0.4) is 0 Å². The molecule has 2 fully saturated rings. The van der Waals surface area contributed by atoms with Crippen LogP contribution in [0.4, 0.5) is 4.79 Å². The Labute approximate surface area is 209 Å². The van der Waals surface area contributed by atoms with Gasteiger partial charge in [-0.25, -0.2) is 9.59 Å². The fourth-order valence-electron chi connectivity index (χ4n) is 4.66. The van der Waals surface area contributed by atoms with Gasteiger partial charge in [0.15, 0.2) is 0 Å². The molecule has 1 aliphatic carbocycles. The van der Waals surface area contributed by atoms with E-state index in [1.807, 2.05) is 11.8 Å². The molecule has 1 N–H and O–H groups in total. The Hall–Kier alpha value is -2.29. The summed E-state index contributed by atoms with van der Waals surface area (Å²) in [6, 6.07) is 4.04. The molecule has 3 aliphatic rings. The molecule has 2 aliphatic heterocycles. The third kappa shape index (κ3) is 4.90. The van der Waals surface area contributed by atoms with Crippen molar-refractivity contribution in [1.82, 2.24) is 20.0 Å². The summed E-state index contributed by atoms with van der Waals surface area (Å²) in [4.78, 5) is 44.3. The summed E-state index contributed by atoms with van der Waals surface area (Å²) in [5, 5.41) is 3.49. The summed E-state index contributed by atoms with van der Waals surface area (Å²) in [6.45, 7) is 6.26. The van der Waals surface area contributed by atoms with Gasteiger partial charge in [-0.2, -0.15) is 0 Å². The van der Waals surface area contributed by atoms with Crippen LogP contribution in [-0.2, 0) is 14.3 Å². The van der Waals surface area contributed by atoms with E-state index in [2.05, 4.69) is 10.2 Å².